The lowest BCUT2D eigenvalue weighted by molar-refractivity contribution is 0.737. The molecule has 0 bridgehead atoms. The van der Waals surface area contributed by atoms with Crippen molar-refractivity contribution in [3.8, 4) is 0 Å². The van der Waals surface area contributed by atoms with Crippen LogP contribution >= 0.6 is 11.3 Å². The number of aromatic nitrogens is 1. The van der Waals surface area contributed by atoms with Crippen LogP contribution in [0.25, 0.3) is 0 Å². The van der Waals surface area contributed by atoms with Crippen molar-refractivity contribution in [2.45, 2.75) is 39.7 Å². The molecular formula is C13H23N3S. The molecule has 0 saturated heterocycles. The van der Waals surface area contributed by atoms with Crippen LogP contribution in [-0.2, 0) is 13.0 Å². The molecule has 1 saturated carbocycles. The molecule has 0 spiro atoms. The Balaban J connectivity index is 2.11. The van der Waals surface area contributed by atoms with Gasteiger partial charge in [0, 0.05) is 24.5 Å². The summed E-state index contributed by atoms with van der Waals surface area (Å²) in [5.41, 5.74) is 1.27. The van der Waals surface area contributed by atoms with Gasteiger partial charge in [0.05, 0.1) is 5.69 Å². The predicted molar refractivity (Wildman–Crippen MR) is 74.9 cm³/mol. The van der Waals surface area contributed by atoms with E-state index in [-0.39, 0.29) is 0 Å². The van der Waals surface area contributed by atoms with E-state index in [1.807, 2.05) is 18.4 Å². The van der Waals surface area contributed by atoms with Crippen LogP contribution < -0.4 is 10.2 Å². The van der Waals surface area contributed by atoms with E-state index in [0.717, 1.165) is 25.4 Å². The molecule has 1 heterocycles. The summed E-state index contributed by atoms with van der Waals surface area (Å²) >= 11 is 1.86. The van der Waals surface area contributed by atoms with Gasteiger partial charge in [0.25, 0.3) is 0 Å². The second-order valence-corrected chi connectivity index (χ2v) is 5.79. The molecule has 1 aliphatic carbocycles. The second kappa shape index (κ2) is 5.83. The summed E-state index contributed by atoms with van der Waals surface area (Å²) in [5, 5.41) is 4.46. The molecule has 2 rings (SSSR count). The van der Waals surface area contributed by atoms with E-state index >= 15 is 0 Å². The minimum atomic E-state index is 0.927. The van der Waals surface area contributed by atoms with Gasteiger partial charge in [-0.2, -0.15) is 0 Å². The number of thiazole rings is 1. The Morgan fingerprint density at radius 2 is 2.18 bits per heavy atom. The molecule has 0 aliphatic heterocycles. The van der Waals surface area contributed by atoms with E-state index in [4.69, 9.17) is 4.98 Å². The fourth-order valence-electron chi connectivity index (χ4n) is 2.03. The maximum absolute atomic E-state index is 4.80. The predicted octanol–water partition coefficient (Wildman–Crippen LogP) is 2.66. The molecule has 96 valence electrons. The van der Waals surface area contributed by atoms with Crippen molar-refractivity contribution in [3.63, 3.8) is 0 Å². The molecule has 0 atom stereocenters. The summed E-state index contributed by atoms with van der Waals surface area (Å²) in [6.45, 7) is 7.64. The highest BCUT2D eigenvalue weighted by molar-refractivity contribution is 7.15. The third-order valence-electron chi connectivity index (χ3n) is 3.27. The number of rotatable bonds is 7. The molecule has 1 aromatic heterocycles. The monoisotopic (exact) mass is 253 g/mol. The molecule has 1 aromatic rings. The minimum absolute atomic E-state index is 0.927. The molecule has 3 nitrogen and oxygen atoms in total. The zero-order chi connectivity index (χ0) is 12.3. The van der Waals surface area contributed by atoms with E-state index in [0.29, 0.717) is 0 Å². The lowest BCUT2D eigenvalue weighted by Gasteiger charge is -2.19. The maximum Gasteiger partial charge on any atom is 0.185 e. The van der Waals surface area contributed by atoms with E-state index in [9.17, 15) is 0 Å². The van der Waals surface area contributed by atoms with Crippen LogP contribution in [0.1, 0.15) is 37.3 Å². The van der Waals surface area contributed by atoms with E-state index < -0.39 is 0 Å². The number of hydrogen-bond donors (Lipinski definition) is 1. The Morgan fingerprint density at radius 3 is 2.71 bits per heavy atom. The zero-order valence-electron chi connectivity index (χ0n) is 11.1. The highest BCUT2D eigenvalue weighted by Crippen LogP contribution is 2.33. The third kappa shape index (κ3) is 3.19. The van der Waals surface area contributed by atoms with Gasteiger partial charge in [0.2, 0.25) is 0 Å². The van der Waals surface area contributed by atoms with E-state index in [1.165, 1.54) is 35.1 Å². The summed E-state index contributed by atoms with van der Waals surface area (Å²) < 4.78 is 0. The fraction of sp³-hybridized carbons (Fsp3) is 0.769. The number of nitrogens with zero attached hydrogens (tertiary/aromatic N) is 2. The highest BCUT2D eigenvalue weighted by atomic mass is 32.1. The van der Waals surface area contributed by atoms with Crippen LogP contribution in [0.5, 0.6) is 0 Å². The largest absolute Gasteiger partial charge is 0.348 e. The molecule has 1 aliphatic rings. The van der Waals surface area contributed by atoms with Crippen molar-refractivity contribution in [2.24, 2.45) is 5.92 Å². The molecular weight excluding hydrogens is 230 g/mol. The van der Waals surface area contributed by atoms with Gasteiger partial charge in [-0.3, -0.25) is 0 Å². The normalized spacial score (nSPS) is 15.2. The number of hydrogen-bond acceptors (Lipinski definition) is 4. The number of aryl methyl sites for hydroxylation is 1. The van der Waals surface area contributed by atoms with Crippen molar-refractivity contribution in [3.05, 3.63) is 10.6 Å². The van der Waals surface area contributed by atoms with E-state index in [1.54, 1.807) is 0 Å². The molecule has 1 N–H and O–H groups in total. The lowest BCUT2D eigenvalue weighted by atomic mass is 10.3. The smallest absolute Gasteiger partial charge is 0.185 e. The first-order valence-electron chi connectivity index (χ1n) is 6.66. The van der Waals surface area contributed by atoms with Crippen LogP contribution in [0.3, 0.4) is 0 Å². The number of nitrogens with one attached hydrogen (secondary N) is 1. The van der Waals surface area contributed by atoms with Gasteiger partial charge in [0.15, 0.2) is 5.13 Å². The Hall–Kier alpha value is -0.610. The Morgan fingerprint density at radius 1 is 1.41 bits per heavy atom. The summed E-state index contributed by atoms with van der Waals surface area (Å²) in [4.78, 5) is 8.65. The molecule has 0 unspecified atom stereocenters. The molecule has 1 fully saturated rings. The van der Waals surface area contributed by atoms with E-state index in [2.05, 4.69) is 24.1 Å². The third-order valence-corrected chi connectivity index (χ3v) is 4.43. The van der Waals surface area contributed by atoms with Gasteiger partial charge in [-0.15, -0.1) is 11.3 Å². The topological polar surface area (TPSA) is 28.2 Å². The SMILES string of the molecule is CCc1nc(N(CC)CC2CC2)sc1CNC. The van der Waals surface area contributed by atoms with Crippen LogP contribution in [0.15, 0.2) is 0 Å². The summed E-state index contributed by atoms with van der Waals surface area (Å²) in [7, 11) is 2.00. The van der Waals surface area contributed by atoms with Crippen LogP contribution in [0.2, 0.25) is 0 Å². The Bertz CT molecular complexity index is 358. The Kier molecular flexibility index (Phi) is 4.40. The van der Waals surface area contributed by atoms with Gasteiger partial charge < -0.3 is 10.2 Å². The minimum Gasteiger partial charge on any atom is -0.348 e. The fourth-order valence-corrected chi connectivity index (χ4v) is 3.27. The molecule has 0 aromatic carbocycles. The molecule has 4 heteroatoms. The summed E-state index contributed by atoms with van der Waals surface area (Å²) in [6.07, 6.45) is 3.85. The molecule has 17 heavy (non-hydrogen) atoms. The van der Waals surface area contributed by atoms with Gasteiger partial charge in [-0.1, -0.05) is 6.92 Å². The van der Waals surface area contributed by atoms with Gasteiger partial charge in [-0.05, 0) is 39.2 Å². The lowest BCUT2D eigenvalue weighted by Crippen LogP contribution is -2.24. The standard InChI is InChI=1S/C13H23N3S/c1-4-11-12(8-14-3)17-13(15-11)16(5-2)9-10-6-7-10/h10,14H,4-9H2,1-3H3. The first-order chi connectivity index (χ1) is 8.28. The van der Waals surface area contributed by atoms with Crippen molar-refractivity contribution in [2.75, 3.05) is 25.0 Å². The maximum atomic E-state index is 4.80. The second-order valence-electron chi connectivity index (χ2n) is 4.73. The van der Waals surface area contributed by atoms with Crippen LogP contribution in [-0.4, -0.2) is 25.1 Å². The Labute approximate surface area is 108 Å². The van der Waals surface area contributed by atoms with Gasteiger partial charge in [0.1, 0.15) is 0 Å². The quantitative estimate of drug-likeness (QED) is 0.810. The van der Waals surface area contributed by atoms with Crippen molar-refractivity contribution < 1.29 is 0 Å². The molecule has 0 radical (unpaired) electrons. The van der Waals surface area contributed by atoms with Crippen LogP contribution in [0.4, 0.5) is 5.13 Å². The highest BCUT2D eigenvalue weighted by Gasteiger charge is 2.25. The first kappa shape index (κ1) is 12.8. The zero-order valence-corrected chi connectivity index (χ0v) is 11.9. The number of anilines is 1. The first-order valence-corrected chi connectivity index (χ1v) is 7.48. The average Bonchev–Trinajstić information content (AvgIpc) is 3.07. The summed E-state index contributed by atoms with van der Waals surface area (Å²) in [6, 6.07) is 0. The van der Waals surface area contributed by atoms with Gasteiger partial charge in [-0.25, -0.2) is 4.98 Å². The average molecular weight is 253 g/mol. The van der Waals surface area contributed by atoms with Crippen molar-refractivity contribution in [1.29, 1.82) is 0 Å². The van der Waals surface area contributed by atoms with Crippen molar-refractivity contribution >= 4 is 16.5 Å². The van der Waals surface area contributed by atoms with Crippen molar-refractivity contribution in [1.82, 2.24) is 10.3 Å². The molecule has 0 amide bonds. The van der Waals surface area contributed by atoms with Crippen LogP contribution in [0, 0.1) is 5.92 Å². The summed E-state index contributed by atoms with van der Waals surface area (Å²) in [5.74, 6) is 0.927. The van der Waals surface area contributed by atoms with Gasteiger partial charge >= 0.3 is 0 Å².